The monoisotopic (exact) mass is 562 g/mol. The molecular formula is C31H42N6O4. The molecule has 41 heavy (non-hydrogen) atoms. The molecule has 0 bridgehead atoms. The van der Waals surface area contributed by atoms with Crippen LogP contribution in [0.5, 0.6) is 0 Å². The Morgan fingerprint density at radius 2 is 1.88 bits per heavy atom. The van der Waals surface area contributed by atoms with Crippen LogP contribution in [0.3, 0.4) is 0 Å². The van der Waals surface area contributed by atoms with Crippen LogP contribution in [0, 0.1) is 0 Å². The summed E-state index contributed by atoms with van der Waals surface area (Å²) in [6.07, 6.45) is 14.5. The van der Waals surface area contributed by atoms with E-state index < -0.39 is 29.8 Å². The molecular weight excluding hydrogens is 520 g/mol. The van der Waals surface area contributed by atoms with Gasteiger partial charge in [0.15, 0.2) is 0 Å². The number of aliphatic hydroxyl groups is 1. The Hall–Kier alpha value is -3.47. The van der Waals surface area contributed by atoms with E-state index in [-0.39, 0.29) is 12.5 Å². The van der Waals surface area contributed by atoms with Crippen molar-refractivity contribution in [2.24, 2.45) is 5.73 Å². The van der Waals surface area contributed by atoms with Crippen molar-refractivity contribution in [2.75, 3.05) is 25.0 Å². The molecule has 220 valence electrons. The maximum absolute atomic E-state index is 13.8. The van der Waals surface area contributed by atoms with Gasteiger partial charge >= 0.3 is 0 Å². The van der Waals surface area contributed by atoms with E-state index >= 15 is 0 Å². The fourth-order valence-corrected chi connectivity index (χ4v) is 5.44. The Labute approximate surface area is 241 Å². The maximum atomic E-state index is 13.8. The van der Waals surface area contributed by atoms with Gasteiger partial charge in [-0.3, -0.25) is 9.59 Å². The highest BCUT2D eigenvalue weighted by Gasteiger charge is 2.32. The zero-order valence-corrected chi connectivity index (χ0v) is 24.0. The maximum Gasteiger partial charge on any atom is 0.250 e. The molecule has 0 aromatic carbocycles. The molecule has 5 N–H and O–H groups in total. The van der Waals surface area contributed by atoms with Gasteiger partial charge in [0.25, 0.3) is 0 Å². The summed E-state index contributed by atoms with van der Waals surface area (Å²) in [6, 6.07) is 4.77. The lowest BCUT2D eigenvalue weighted by atomic mass is 9.98. The molecule has 1 aromatic heterocycles. The predicted molar refractivity (Wildman–Crippen MR) is 158 cm³/mol. The van der Waals surface area contributed by atoms with Crippen LogP contribution in [0.15, 0.2) is 54.5 Å². The lowest BCUT2D eigenvalue weighted by Crippen LogP contribution is -2.57. The molecule has 0 saturated carbocycles. The van der Waals surface area contributed by atoms with Crippen LogP contribution in [0.25, 0.3) is 11.1 Å². The summed E-state index contributed by atoms with van der Waals surface area (Å²) in [5.41, 5.74) is 9.36. The Balaban J connectivity index is 1.29. The number of fused-ring (bicyclic) bond motifs is 1. The molecule has 10 heteroatoms. The van der Waals surface area contributed by atoms with E-state index in [9.17, 15) is 14.7 Å². The number of imidazole rings is 1. The molecule has 0 spiro atoms. The minimum atomic E-state index is -1.21. The van der Waals surface area contributed by atoms with Crippen molar-refractivity contribution in [1.82, 2.24) is 19.8 Å². The smallest absolute Gasteiger partial charge is 0.250 e. The highest BCUT2D eigenvalue weighted by Crippen LogP contribution is 2.43. The van der Waals surface area contributed by atoms with E-state index in [1.165, 1.54) is 11.1 Å². The van der Waals surface area contributed by atoms with Crippen LogP contribution in [0.1, 0.15) is 64.0 Å². The van der Waals surface area contributed by atoms with Crippen LogP contribution >= 0.6 is 0 Å². The molecule has 1 fully saturated rings. The third kappa shape index (κ3) is 7.06. The van der Waals surface area contributed by atoms with Crippen LogP contribution in [-0.4, -0.2) is 68.9 Å². The minimum Gasteiger partial charge on any atom is -0.374 e. The molecule has 3 atom stereocenters. The highest BCUT2D eigenvalue weighted by atomic mass is 16.5. The molecule has 1 saturated heterocycles. The number of allylic oxidation sites excluding steroid dienone is 3. The van der Waals surface area contributed by atoms with Gasteiger partial charge in [0.2, 0.25) is 11.8 Å². The van der Waals surface area contributed by atoms with E-state index in [4.69, 9.17) is 10.5 Å². The van der Waals surface area contributed by atoms with E-state index in [0.717, 1.165) is 62.8 Å². The molecule has 0 radical (unpaired) electrons. The van der Waals surface area contributed by atoms with Gasteiger partial charge in [-0.05, 0) is 61.8 Å². The summed E-state index contributed by atoms with van der Waals surface area (Å²) in [6.45, 7) is 5.19. The molecule has 2 heterocycles. The number of aliphatic hydroxyl groups excluding tert-OH is 1. The largest absolute Gasteiger partial charge is 0.374 e. The normalized spacial score (nSPS) is 18.6. The van der Waals surface area contributed by atoms with Crippen molar-refractivity contribution in [2.45, 2.75) is 82.8 Å². The number of likely N-dealkylation sites (tertiary alicyclic amines) is 1. The van der Waals surface area contributed by atoms with Crippen molar-refractivity contribution in [3.63, 3.8) is 0 Å². The average molecular weight is 563 g/mol. The molecule has 10 nitrogen and oxygen atoms in total. The third-order valence-corrected chi connectivity index (χ3v) is 7.92. The quantitative estimate of drug-likeness (QED) is 0.249. The predicted octanol–water partition coefficient (Wildman–Crippen LogP) is 3.25. The summed E-state index contributed by atoms with van der Waals surface area (Å²) >= 11 is 0. The molecule has 2 amide bonds. The van der Waals surface area contributed by atoms with Gasteiger partial charge in [0, 0.05) is 19.3 Å². The topological polar surface area (TPSA) is 135 Å². The van der Waals surface area contributed by atoms with Crippen molar-refractivity contribution in [1.29, 1.82) is 0 Å². The molecule has 5 rings (SSSR count). The first kappa shape index (κ1) is 29.0. The number of rotatable bonds is 12. The van der Waals surface area contributed by atoms with Crippen molar-refractivity contribution in [3.8, 4) is 11.1 Å². The second-order valence-corrected chi connectivity index (χ2v) is 11.8. The van der Waals surface area contributed by atoms with Gasteiger partial charge in [-0.2, -0.15) is 0 Å². The number of nitrogens with two attached hydrogens (primary N) is 1. The first-order valence-corrected chi connectivity index (χ1v) is 14.7. The van der Waals surface area contributed by atoms with E-state index in [2.05, 4.69) is 27.8 Å². The molecule has 4 aliphatic rings. The molecule has 3 unspecified atom stereocenters. The van der Waals surface area contributed by atoms with Gasteiger partial charge in [0.1, 0.15) is 18.1 Å². The molecule has 1 aliphatic heterocycles. The number of nitrogens with zero attached hydrogens (tertiary/aromatic N) is 3. The van der Waals surface area contributed by atoms with Crippen LogP contribution in [0.2, 0.25) is 0 Å². The lowest BCUT2D eigenvalue weighted by Gasteiger charge is -2.29. The van der Waals surface area contributed by atoms with Gasteiger partial charge < -0.3 is 35.7 Å². The van der Waals surface area contributed by atoms with Gasteiger partial charge in [-0.15, -0.1) is 0 Å². The average Bonchev–Trinajstić information content (AvgIpc) is 3.19. The summed E-state index contributed by atoms with van der Waals surface area (Å²) in [7, 11) is 0. The molecule has 1 aromatic rings. The van der Waals surface area contributed by atoms with Crippen LogP contribution < -0.4 is 16.4 Å². The minimum absolute atomic E-state index is 0.0584. The van der Waals surface area contributed by atoms with Crippen LogP contribution in [-0.2, 0) is 20.9 Å². The van der Waals surface area contributed by atoms with Gasteiger partial charge in [-0.1, -0.05) is 49.3 Å². The Kier molecular flexibility index (Phi) is 8.91. The first-order chi connectivity index (χ1) is 19.7. The second-order valence-electron chi connectivity index (χ2n) is 11.8. The summed E-state index contributed by atoms with van der Waals surface area (Å²) < 4.78 is 7.68. The summed E-state index contributed by atoms with van der Waals surface area (Å²) in [5.74, 6) is 0.0328. The van der Waals surface area contributed by atoms with Gasteiger partial charge in [0.05, 0.1) is 31.1 Å². The zero-order valence-electron chi connectivity index (χ0n) is 24.0. The Bertz CT molecular complexity index is 1280. The fraction of sp³-hybridized carbons (Fsp3) is 0.516. The van der Waals surface area contributed by atoms with Gasteiger partial charge in [-0.25, -0.2) is 4.98 Å². The van der Waals surface area contributed by atoms with Crippen molar-refractivity contribution in [3.05, 3.63) is 60.1 Å². The Morgan fingerprint density at radius 1 is 1.15 bits per heavy atom. The lowest BCUT2D eigenvalue weighted by molar-refractivity contribution is -0.133. The second kappa shape index (κ2) is 12.6. The fourth-order valence-electron chi connectivity index (χ4n) is 5.44. The van der Waals surface area contributed by atoms with E-state index in [0.29, 0.717) is 12.4 Å². The van der Waals surface area contributed by atoms with Crippen molar-refractivity contribution >= 4 is 17.6 Å². The summed E-state index contributed by atoms with van der Waals surface area (Å²) in [5, 5.41) is 16.9. The number of hydrogen-bond donors (Lipinski definition) is 4. The first-order valence-electron chi connectivity index (χ1n) is 14.7. The molecule has 3 aliphatic carbocycles. The highest BCUT2D eigenvalue weighted by molar-refractivity contribution is 5.89. The number of anilines is 1. The SMILES string of the molecule is CC(C)(N)C(=O)NC(COCc1c2cccc1-2)C(O)Nc1cn(C(C(=O)N2CCCCCC2)C2=CCCC=C2)cn1. The van der Waals surface area contributed by atoms with Crippen molar-refractivity contribution < 1.29 is 19.4 Å². The standard InChI is InChI=1S/C31H42N6O4/c1-31(2,32)30(40)34-25(19-41-18-24-22-13-10-14-23(22)24)28(38)35-26-17-37(20-33-26)27(21-11-6-5-7-12-21)29(39)36-15-8-3-4-9-16-36/h6,10-14,17,20,25,27-28,35,38H,3-5,7-9,15-16,18-19,32H2,1-2H3,(H,34,40). The van der Waals surface area contributed by atoms with E-state index in [1.807, 2.05) is 29.2 Å². The number of hydrogen-bond acceptors (Lipinski definition) is 7. The number of carbonyl (C=O) groups excluding carboxylic acids is 2. The number of amides is 2. The number of nitrogens with one attached hydrogen (secondary N) is 2. The number of carbonyl (C=O) groups is 2. The number of benzene rings is 1. The number of ether oxygens (including phenoxy) is 1. The van der Waals surface area contributed by atoms with Crippen LogP contribution in [0.4, 0.5) is 5.82 Å². The Morgan fingerprint density at radius 3 is 2.54 bits per heavy atom. The third-order valence-electron chi connectivity index (χ3n) is 7.92. The zero-order chi connectivity index (χ0) is 29.0. The number of aromatic nitrogens is 2. The summed E-state index contributed by atoms with van der Waals surface area (Å²) in [4.78, 5) is 32.9. The van der Waals surface area contributed by atoms with E-state index in [1.54, 1.807) is 30.9 Å².